The maximum atomic E-state index is 13.1. The third-order valence-electron chi connectivity index (χ3n) is 6.24. The number of amides is 3. The number of fused-ring (bicyclic) bond motifs is 4. The lowest BCUT2D eigenvalue weighted by atomic mass is 9.95. The number of nitrogens with one attached hydrogen (secondary N) is 2. The van der Waals surface area contributed by atoms with Gasteiger partial charge in [0.25, 0.3) is 5.91 Å². The van der Waals surface area contributed by atoms with Crippen molar-refractivity contribution in [1.82, 2.24) is 15.3 Å². The number of carbonyl (C=O) groups is 2. The Morgan fingerprint density at radius 2 is 1.90 bits per heavy atom. The van der Waals surface area contributed by atoms with Gasteiger partial charge in [-0.1, -0.05) is 25.3 Å². The summed E-state index contributed by atoms with van der Waals surface area (Å²) in [4.78, 5) is 38.7. The van der Waals surface area contributed by atoms with Gasteiger partial charge in [-0.05, 0) is 43.5 Å². The summed E-state index contributed by atoms with van der Waals surface area (Å²) in [7, 11) is 0. The van der Waals surface area contributed by atoms with Crippen LogP contribution in [0.25, 0.3) is 0 Å². The molecule has 1 saturated carbocycles. The molecule has 8 nitrogen and oxygen atoms in total. The largest absolute Gasteiger partial charge is 0.366 e. The molecular weight excluding hydrogens is 380 g/mol. The lowest BCUT2D eigenvalue weighted by molar-refractivity contribution is 0.0922. The van der Waals surface area contributed by atoms with E-state index >= 15 is 0 Å². The van der Waals surface area contributed by atoms with Gasteiger partial charge < -0.3 is 10.2 Å². The van der Waals surface area contributed by atoms with Crippen LogP contribution in [-0.2, 0) is 0 Å². The minimum absolute atomic E-state index is 0.0327. The molecule has 30 heavy (non-hydrogen) atoms. The number of carbonyl (C=O) groups excluding carboxylic acids is 2. The van der Waals surface area contributed by atoms with Gasteiger partial charge in [0.05, 0.1) is 11.7 Å². The Morgan fingerprint density at radius 3 is 2.70 bits per heavy atom. The molecule has 5 rings (SSSR count). The van der Waals surface area contributed by atoms with Crippen LogP contribution in [0.3, 0.4) is 0 Å². The predicted octanol–water partition coefficient (Wildman–Crippen LogP) is 3.17. The highest BCUT2D eigenvalue weighted by Gasteiger charge is 2.40. The molecule has 2 bridgehead atoms. The van der Waals surface area contributed by atoms with Crippen LogP contribution in [-0.4, -0.2) is 47.1 Å². The van der Waals surface area contributed by atoms with Crippen molar-refractivity contribution in [3.05, 3.63) is 42.2 Å². The second-order valence-electron chi connectivity index (χ2n) is 8.25. The minimum atomic E-state index is -0.265. The van der Waals surface area contributed by atoms with E-state index in [0.29, 0.717) is 17.3 Å². The van der Waals surface area contributed by atoms with Crippen molar-refractivity contribution in [2.24, 2.45) is 0 Å². The zero-order chi connectivity index (χ0) is 20.5. The quantitative estimate of drug-likeness (QED) is 0.817. The van der Waals surface area contributed by atoms with Crippen LogP contribution in [0.5, 0.6) is 0 Å². The first-order chi connectivity index (χ1) is 14.7. The van der Waals surface area contributed by atoms with Crippen molar-refractivity contribution in [2.75, 3.05) is 28.2 Å². The number of aromatic nitrogens is 2. The Bertz CT molecular complexity index is 944. The van der Waals surface area contributed by atoms with E-state index in [-0.39, 0.29) is 24.0 Å². The Morgan fingerprint density at radius 1 is 1.03 bits per heavy atom. The lowest BCUT2D eigenvalue weighted by Gasteiger charge is -2.35. The van der Waals surface area contributed by atoms with Crippen LogP contribution < -0.4 is 20.4 Å². The van der Waals surface area contributed by atoms with Gasteiger partial charge in [-0.25, -0.2) is 14.8 Å². The summed E-state index contributed by atoms with van der Waals surface area (Å²) in [5.41, 5.74) is 1.26. The first-order valence-electron chi connectivity index (χ1n) is 10.8. The molecule has 2 aromatic rings. The molecule has 1 atom stereocenters. The fourth-order valence-corrected chi connectivity index (χ4v) is 4.71. The summed E-state index contributed by atoms with van der Waals surface area (Å²) in [5.74, 6) is 0.881. The number of rotatable bonds is 3. The van der Waals surface area contributed by atoms with E-state index < -0.39 is 0 Å². The molecule has 2 aliphatic heterocycles. The number of anilines is 3. The van der Waals surface area contributed by atoms with Crippen LogP contribution in [0.2, 0.25) is 0 Å². The predicted molar refractivity (Wildman–Crippen MR) is 115 cm³/mol. The average Bonchev–Trinajstić information content (AvgIpc) is 3.19. The Kier molecular flexibility index (Phi) is 4.98. The highest BCUT2D eigenvalue weighted by molar-refractivity contribution is 6.05. The van der Waals surface area contributed by atoms with Gasteiger partial charge in [-0.2, -0.15) is 0 Å². The molecule has 0 unspecified atom stereocenters. The topological polar surface area (TPSA) is 90.5 Å². The monoisotopic (exact) mass is 406 g/mol. The van der Waals surface area contributed by atoms with E-state index in [4.69, 9.17) is 0 Å². The fourth-order valence-electron chi connectivity index (χ4n) is 4.71. The third kappa shape index (κ3) is 3.58. The molecule has 2 N–H and O–H groups in total. The summed E-state index contributed by atoms with van der Waals surface area (Å²) in [5, 5.41) is 5.99. The maximum absolute atomic E-state index is 13.1. The van der Waals surface area contributed by atoms with Gasteiger partial charge >= 0.3 is 6.03 Å². The number of pyridine rings is 2. The zero-order valence-corrected chi connectivity index (χ0v) is 16.9. The van der Waals surface area contributed by atoms with E-state index in [9.17, 15) is 9.59 Å². The lowest BCUT2D eigenvalue weighted by Crippen LogP contribution is -2.48. The van der Waals surface area contributed by atoms with E-state index in [1.54, 1.807) is 29.3 Å². The summed E-state index contributed by atoms with van der Waals surface area (Å²) in [6, 6.07) is 9.06. The molecule has 4 heterocycles. The molecule has 0 aromatic carbocycles. The van der Waals surface area contributed by atoms with Crippen LogP contribution >= 0.6 is 0 Å². The zero-order valence-electron chi connectivity index (χ0n) is 16.9. The normalized spacial score (nSPS) is 20.6. The average molecular weight is 406 g/mol. The molecule has 3 amide bonds. The van der Waals surface area contributed by atoms with Crippen molar-refractivity contribution < 1.29 is 9.59 Å². The molecule has 3 aliphatic rings. The SMILES string of the molecule is O=C(NC1CCCCC1)c1ccc2c(n1)N(C(=O)Nc1ccccn1)[C@H]1CCN2C1. The molecule has 1 aliphatic carbocycles. The van der Waals surface area contributed by atoms with Gasteiger partial charge in [0.2, 0.25) is 0 Å². The van der Waals surface area contributed by atoms with Crippen molar-refractivity contribution in [3.8, 4) is 0 Å². The number of nitrogens with zero attached hydrogens (tertiary/aromatic N) is 4. The minimum Gasteiger partial charge on any atom is -0.366 e. The van der Waals surface area contributed by atoms with Gasteiger partial charge in [0.15, 0.2) is 5.82 Å². The summed E-state index contributed by atoms with van der Waals surface area (Å²) < 4.78 is 0. The first kappa shape index (κ1) is 18.8. The van der Waals surface area contributed by atoms with Gasteiger partial charge in [0, 0.05) is 25.3 Å². The summed E-state index contributed by atoms with van der Waals surface area (Å²) >= 11 is 0. The standard InChI is InChI=1S/C22H26N6O2/c29-21(24-15-6-2-1-3-7-15)17-9-10-18-20(25-17)28(16-11-13-27(18)14-16)22(30)26-19-8-4-5-12-23-19/h4-5,8-10,12,15-16H,1-3,6-7,11,13-14H2,(H,24,29)(H,23,26,30)/t16-/m0/s1. The second-order valence-corrected chi connectivity index (χ2v) is 8.25. The molecule has 2 aromatic heterocycles. The van der Waals surface area contributed by atoms with Crippen molar-refractivity contribution in [3.63, 3.8) is 0 Å². The first-order valence-corrected chi connectivity index (χ1v) is 10.8. The van der Waals surface area contributed by atoms with E-state index in [1.807, 2.05) is 12.1 Å². The van der Waals surface area contributed by atoms with Crippen molar-refractivity contribution in [2.45, 2.75) is 50.6 Å². The molecule has 2 fully saturated rings. The maximum Gasteiger partial charge on any atom is 0.329 e. The van der Waals surface area contributed by atoms with Gasteiger partial charge in [0.1, 0.15) is 11.5 Å². The van der Waals surface area contributed by atoms with Crippen molar-refractivity contribution in [1.29, 1.82) is 0 Å². The van der Waals surface area contributed by atoms with Crippen LogP contribution in [0.4, 0.5) is 22.1 Å². The Balaban J connectivity index is 1.41. The molecule has 156 valence electrons. The Hall–Kier alpha value is -3.16. The van der Waals surface area contributed by atoms with Crippen LogP contribution in [0.15, 0.2) is 36.5 Å². The smallest absolute Gasteiger partial charge is 0.329 e. The Labute approximate surface area is 175 Å². The number of urea groups is 1. The fraction of sp³-hybridized carbons (Fsp3) is 0.455. The van der Waals surface area contributed by atoms with E-state index in [1.165, 1.54) is 6.42 Å². The number of hydrogen-bond donors (Lipinski definition) is 2. The second kappa shape index (κ2) is 7.93. The highest BCUT2D eigenvalue weighted by Crippen LogP contribution is 2.39. The van der Waals surface area contributed by atoms with Crippen molar-refractivity contribution >= 4 is 29.3 Å². The van der Waals surface area contributed by atoms with Gasteiger partial charge in [-0.15, -0.1) is 0 Å². The number of hydrogen-bond acceptors (Lipinski definition) is 5. The van der Waals surface area contributed by atoms with E-state index in [2.05, 4.69) is 25.5 Å². The molecular formula is C22H26N6O2. The van der Waals surface area contributed by atoms with E-state index in [0.717, 1.165) is 50.9 Å². The van der Waals surface area contributed by atoms with Gasteiger partial charge in [-0.3, -0.25) is 15.0 Å². The summed E-state index contributed by atoms with van der Waals surface area (Å²) in [6.45, 7) is 1.65. The summed E-state index contributed by atoms with van der Waals surface area (Å²) in [6.07, 6.45) is 8.09. The highest BCUT2D eigenvalue weighted by atomic mass is 16.2. The molecule has 8 heteroatoms. The molecule has 1 saturated heterocycles. The molecule has 0 radical (unpaired) electrons. The van der Waals surface area contributed by atoms with Crippen LogP contribution in [0.1, 0.15) is 49.0 Å². The van der Waals surface area contributed by atoms with Crippen LogP contribution in [0, 0.1) is 0 Å². The molecule has 0 spiro atoms. The third-order valence-corrected chi connectivity index (χ3v) is 6.24.